The number of fused-ring (bicyclic) bond motifs is 1. The number of aromatic nitrogens is 2. The topological polar surface area (TPSA) is 17.8 Å². The van der Waals surface area contributed by atoms with E-state index < -0.39 is 0 Å². The second kappa shape index (κ2) is 3.74. The van der Waals surface area contributed by atoms with Crippen molar-refractivity contribution >= 4 is 22.6 Å². The van der Waals surface area contributed by atoms with Crippen LogP contribution in [0.1, 0.15) is 31.2 Å². The summed E-state index contributed by atoms with van der Waals surface area (Å²) in [5.41, 5.74) is 4.00. The van der Waals surface area contributed by atoms with Gasteiger partial charge in [-0.2, -0.15) is 0 Å². The minimum Gasteiger partial charge on any atom is -0.322 e. The molecule has 2 aromatic rings. The van der Waals surface area contributed by atoms with Gasteiger partial charge in [-0.05, 0) is 38.3 Å². The maximum absolute atomic E-state index is 5.89. The van der Waals surface area contributed by atoms with Crippen LogP contribution in [0.25, 0.3) is 11.0 Å². The van der Waals surface area contributed by atoms with E-state index in [4.69, 9.17) is 16.6 Å². The molecule has 0 saturated heterocycles. The molecule has 1 aliphatic rings. The van der Waals surface area contributed by atoms with E-state index in [1.54, 1.807) is 0 Å². The summed E-state index contributed by atoms with van der Waals surface area (Å²) < 4.78 is 2.43. The van der Waals surface area contributed by atoms with Gasteiger partial charge in [0.1, 0.15) is 5.82 Å². The van der Waals surface area contributed by atoms with Crippen LogP contribution in [0.15, 0.2) is 18.2 Å². The van der Waals surface area contributed by atoms with E-state index in [0.717, 1.165) is 17.8 Å². The number of benzene rings is 1. The molecule has 0 aliphatic heterocycles. The number of alkyl halides is 1. The van der Waals surface area contributed by atoms with E-state index in [9.17, 15) is 0 Å². The minimum atomic E-state index is 0.280. The summed E-state index contributed by atoms with van der Waals surface area (Å²) in [6.07, 6.45) is 3.36. The Balaban J connectivity index is 2.30. The van der Waals surface area contributed by atoms with Crippen LogP contribution in [-0.4, -0.2) is 15.4 Å². The lowest BCUT2D eigenvalue weighted by Crippen LogP contribution is -2.16. The zero-order valence-corrected chi connectivity index (χ0v) is 11.1. The summed E-state index contributed by atoms with van der Waals surface area (Å²) in [4.78, 5) is 4.75. The normalized spacial score (nSPS) is 17.6. The quantitative estimate of drug-likeness (QED) is 0.759. The van der Waals surface area contributed by atoms with Gasteiger partial charge in [0.15, 0.2) is 0 Å². The number of aryl methyl sites for hydroxylation is 2. The highest BCUT2D eigenvalue weighted by Gasteiger charge is 2.41. The van der Waals surface area contributed by atoms with Gasteiger partial charge in [-0.25, -0.2) is 4.98 Å². The van der Waals surface area contributed by atoms with E-state index >= 15 is 0 Å². The number of para-hydroxylation sites is 1. The molecule has 1 aliphatic carbocycles. The van der Waals surface area contributed by atoms with Gasteiger partial charge in [-0.15, -0.1) is 11.6 Å². The molecule has 0 amide bonds. The molecule has 0 atom stereocenters. The van der Waals surface area contributed by atoms with E-state index in [1.807, 2.05) is 0 Å². The lowest BCUT2D eigenvalue weighted by molar-refractivity contribution is 0.524. The van der Waals surface area contributed by atoms with E-state index in [2.05, 4.69) is 36.6 Å². The fourth-order valence-electron chi connectivity index (χ4n) is 2.58. The van der Waals surface area contributed by atoms with Crippen LogP contribution in [0, 0.1) is 6.92 Å². The summed E-state index contributed by atoms with van der Waals surface area (Å²) in [5.74, 6) is 1.78. The number of hydrogen-bond acceptors (Lipinski definition) is 1. The summed E-state index contributed by atoms with van der Waals surface area (Å²) in [7, 11) is 0. The molecule has 1 aromatic heterocycles. The zero-order chi connectivity index (χ0) is 12.0. The molecular weight excluding hydrogens is 232 g/mol. The van der Waals surface area contributed by atoms with Crippen LogP contribution < -0.4 is 0 Å². The molecule has 2 nitrogen and oxygen atoms in total. The van der Waals surface area contributed by atoms with Crippen LogP contribution in [0.5, 0.6) is 0 Å². The highest BCUT2D eigenvalue weighted by Crippen LogP contribution is 2.46. The van der Waals surface area contributed by atoms with Gasteiger partial charge in [0.05, 0.1) is 11.0 Å². The highest BCUT2D eigenvalue weighted by atomic mass is 35.5. The number of rotatable bonds is 3. The smallest absolute Gasteiger partial charge is 0.111 e. The molecule has 17 heavy (non-hydrogen) atoms. The van der Waals surface area contributed by atoms with E-state index in [1.165, 1.54) is 23.9 Å². The zero-order valence-electron chi connectivity index (χ0n) is 10.3. The Kier molecular flexibility index (Phi) is 2.44. The lowest BCUT2D eigenvalue weighted by Gasteiger charge is -2.16. The van der Waals surface area contributed by atoms with Crippen LogP contribution in [0.4, 0.5) is 0 Å². The molecule has 0 N–H and O–H groups in total. The fraction of sp³-hybridized carbons (Fsp3) is 0.500. The van der Waals surface area contributed by atoms with Crippen LogP contribution in [-0.2, 0) is 12.0 Å². The molecule has 3 rings (SSSR count). The van der Waals surface area contributed by atoms with Gasteiger partial charge in [0, 0.05) is 17.8 Å². The van der Waals surface area contributed by atoms with Crippen LogP contribution in [0.2, 0.25) is 0 Å². The van der Waals surface area contributed by atoms with Crippen LogP contribution >= 0.6 is 11.6 Å². The Hall–Kier alpha value is -1.02. The molecule has 1 heterocycles. The van der Waals surface area contributed by atoms with E-state index in [0.29, 0.717) is 5.88 Å². The van der Waals surface area contributed by atoms with Crippen molar-refractivity contribution in [3.8, 4) is 0 Å². The Labute approximate surface area is 107 Å². The Morgan fingerprint density at radius 3 is 2.82 bits per heavy atom. The Morgan fingerprint density at radius 2 is 2.18 bits per heavy atom. The van der Waals surface area contributed by atoms with Gasteiger partial charge < -0.3 is 4.57 Å². The number of hydrogen-bond donors (Lipinski definition) is 0. The fourth-order valence-corrected chi connectivity index (χ4v) is 2.75. The SMILES string of the molecule is Cc1cccc2nc(CCCl)n(C3(C)CC3)c12. The first-order chi connectivity index (χ1) is 8.15. The summed E-state index contributed by atoms with van der Waals surface area (Å²) >= 11 is 5.89. The third-order valence-electron chi connectivity index (χ3n) is 3.78. The predicted molar refractivity (Wildman–Crippen MR) is 71.8 cm³/mol. The van der Waals surface area contributed by atoms with Crippen molar-refractivity contribution in [3.05, 3.63) is 29.6 Å². The average Bonchev–Trinajstić information content (AvgIpc) is 2.90. The largest absolute Gasteiger partial charge is 0.322 e. The van der Waals surface area contributed by atoms with Crippen molar-refractivity contribution in [2.75, 3.05) is 5.88 Å². The first kappa shape index (κ1) is 11.1. The van der Waals surface area contributed by atoms with Gasteiger partial charge in [0.25, 0.3) is 0 Å². The summed E-state index contributed by atoms with van der Waals surface area (Å²) in [6.45, 7) is 4.48. The lowest BCUT2D eigenvalue weighted by atomic mass is 10.2. The monoisotopic (exact) mass is 248 g/mol. The van der Waals surface area contributed by atoms with Gasteiger partial charge in [-0.3, -0.25) is 0 Å². The second-order valence-electron chi connectivity index (χ2n) is 5.24. The summed E-state index contributed by atoms with van der Waals surface area (Å²) in [5, 5.41) is 0. The summed E-state index contributed by atoms with van der Waals surface area (Å²) in [6, 6.07) is 6.34. The van der Waals surface area contributed by atoms with Crippen molar-refractivity contribution in [3.63, 3.8) is 0 Å². The van der Waals surface area contributed by atoms with Gasteiger partial charge in [0.2, 0.25) is 0 Å². The highest BCUT2D eigenvalue weighted by molar-refractivity contribution is 6.17. The van der Waals surface area contributed by atoms with Crippen molar-refractivity contribution in [2.24, 2.45) is 0 Å². The molecule has 0 unspecified atom stereocenters. The molecule has 1 saturated carbocycles. The number of nitrogens with zero attached hydrogens (tertiary/aromatic N) is 2. The van der Waals surface area contributed by atoms with Crippen molar-refractivity contribution in [1.82, 2.24) is 9.55 Å². The minimum absolute atomic E-state index is 0.280. The molecule has 1 aromatic carbocycles. The molecule has 0 bridgehead atoms. The third-order valence-corrected chi connectivity index (χ3v) is 3.97. The maximum atomic E-state index is 5.89. The number of halogens is 1. The molecule has 0 radical (unpaired) electrons. The van der Waals surface area contributed by atoms with Crippen molar-refractivity contribution < 1.29 is 0 Å². The second-order valence-corrected chi connectivity index (χ2v) is 5.62. The maximum Gasteiger partial charge on any atom is 0.111 e. The van der Waals surface area contributed by atoms with E-state index in [-0.39, 0.29) is 5.54 Å². The first-order valence-electron chi connectivity index (χ1n) is 6.19. The van der Waals surface area contributed by atoms with Crippen molar-refractivity contribution in [1.29, 1.82) is 0 Å². The number of imidazole rings is 1. The average molecular weight is 249 g/mol. The molecule has 1 fully saturated rings. The third kappa shape index (κ3) is 1.66. The van der Waals surface area contributed by atoms with Gasteiger partial charge >= 0.3 is 0 Å². The molecule has 3 heteroatoms. The molecule has 0 spiro atoms. The van der Waals surface area contributed by atoms with Crippen molar-refractivity contribution in [2.45, 2.75) is 38.6 Å². The molecule has 90 valence electrons. The Bertz CT molecular complexity index is 567. The van der Waals surface area contributed by atoms with Gasteiger partial charge in [-0.1, -0.05) is 12.1 Å². The first-order valence-corrected chi connectivity index (χ1v) is 6.72. The standard InChI is InChI=1S/C14H17ClN2/c1-10-4-3-5-11-13(10)17(14(2)7-8-14)12(16-11)6-9-15/h3-5H,6-9H2,1-2H3. The Morgan fingerprint density at radius 1 is 1.41 bits per heavy atom. The van der Waals surface area contributed by atoms with Crippen LogP contribution in [0.3, 0.4) is 0 Å². The molecular formula is C14H17ClN2. The predicted octanol–water partition coefficient (Wildman–Crippen LogP) is 3.64.